The molecule has 0 radical (unpaired) electrons. The molecular weight excluding hydrogens is 374 g/mol. The van der Waals surface area contributed by atoms with Crippen molar-refractivity contribution in [2.45, 2.75) is 0 Å². The second-order valence-electron chi connectivity index (χ2n) is 3.74. The summed E-state index contributed by atoms with van der Waals surface area (Å²) in [7, 11) is 0. The van der Waals surface area contributed by atoms with Gasteiger partial charge in [0.1, 0.15) is 0 Å². The molecule has 0 unspecified atom stereocenters. The number of hydrogen-bond donors (Lipinski definition) is 1. The summed E-state index contributed by atoms with van der Waals surface area (Å²) >= 11 is 21.3. The van der Waals surface area contributed by atoms with E-state index >= 15 is 0 Å². The first-order chi connectivity index (χ1) is 8.90. The number of carboxylic acids is 1. The van der Waals surface area contributed by atoms with Crippen LogP contribution in [0.25, 0.3) is 11.1 Å². The fraction of sp³-hybridized carbons (Fsp3) is 0. The maximum Gasteiger partial charge on any atom is 0.336 e. The van der Waals surface area contributed by atoms with Crippen LogP contribution >= 0.6 is 50.7 Å². The largest absolute Gasteiger partial charge is 0.478 e. The van der Waals surface area contributed by atoms with Crippen LogP contribution < -0.4 is 0 Å². The molecule has 0 aliphatic carbocycles. The number of benzene rings is 2. The molecule has 0 saturated heterocycles. The maximum absolute atomic E-state index is 11.1. The molecule has 2 rings (SSSR count). The summed E-state index contributed by atoms with van der Waals surface area (Å²) in [5, 5.41) is 10.3. The quantitative estimate of drug-likeness (QED) is 0.718. The number of carbonyl (C=O) groups is 1. The normalized spacial score (nSPS) is 10.5. The number of carboxylic acid groups (broad SMARTS) is 1. The fourth-order valence-corrected chi connectivity index (χ4v) is 3.11. The van der Waals surface area contributed by atoms with E-state index in [2.05, 4.69) is 15.9 Å². The first-order valence-corrected chi connectivity index (χ1v) is 7.00. The molecule has 0 aromatic heterocycles. The molecule has 0 aliphatic rings. The maximum atomic E-state index is 11.1. The highest BCUT2D eigenvalue weighted by Crippen LogP contribution is 2.38. The number of rotatable bonds is 2. The molecule has 0 fully saturated rings. The smallest absolute Gasteiger partial charge is 0.336 e. The summed E-state index contributed by atoms with van der Waals surface area (Å²) in [4.78, 5) is 11.1. The lowest BCUT2D eigenvalue weighted by Gasteiger charge is -2.09. The van der Waals surface area contributed by atoms with Crippen LogP contribution in [0.1, 0.15) is 10.4 Å². The Hall–Kier alpha value is -0.740. The molecule has 0 aliphatic heterocycles. The van der Waals surface area contributed by atoms with Gasteiger partial charge in [0.05, 0.1) is 15.6 Å². The van der Waals surface area contributed by atoms with Crippen molar-refractivity contribution in [2.75, 3.05) is 0 Å². The summed E-state index contributed by atoms with van der Waals surface area (Å²) in [6, 6.07) is 8.00. The molecule has 1 N–H and O–H groups in total. The minimum Gasteiger partial charge on any atom is -0.478 e. The van der Waals surface area contributed by atoms with Crippen LogP contribution in [0, 0.1) is 0 Å². The van der Waals surface area contributed by atoms with E-state index < -0.39 is 5.97 Å². The first-order valence-electron chi connectivity index (χ1n) is 5.08. The van der Waals surface area contributed by atoms with Crippen molar-refractivity contribution < 1.29 is 9.90 Å². The average molecular weight is 380 g/mol. The van der Waals surface area contributed by atoms with Gasteiger partial charge in [0.2, 0.25) is 0 Å². The van der Waals surface area contributed by atoms with E-state index in [4.69, 9.17) is 39.9 Å². The van der Waals surface area contributed by atoms with Gasteiger partial charge >= 0.3 is 5.97 Å². The molecule has 0 bridgehead atoms. The van der Waals surface area contributed by atoms with E-state index in [1.54, 1.807) is 24.3 Å². The van der Waals surface area contributed by atoms with Gasteiger partial charge in [-0.05, 0) is 45.8 Å². The minimum atomic E-state index is -1.03. The molecule has 19 heavy (non-hydrogen) atoms. The fourth-order valence-electron chi connectivity index (χ4n) is 1.66. The predicted octanol–water partition coefficient (Wildman–Crippen LogP) is 5.77. The lowest BCUT2D eigenvalue weighted by atomic mass is 10.0. The number of halogens is 4. The molecule has 0 heterocycles. The molecule has 98 valence electrons. The lowest BCUT2D eigenvalue weighted by molar-refractivity contribution is 0.0696. The molecule has 2 aromatic rings. The van der Waals surface area contributed by atoms with Gasteiger partial charge in [-0.15, -0.1) is 0 Å². The number of hydrogen-bond acceptors (Lipinski definition) is 1. The minimum absolute atomic E-state index is 0.139. The molecule has 2 aromatic carbocycles. The Morgan fingerprint density at radius 1 is 1.05 bits per heavy atom. The van der Waals surface area contributed by atoms with Gasteiger partial charge < -0.3 is 5.11 Å². The zero-order chi connectivity index (χ0) is 14.2. The first kappa shape index (κ1) is 14.7. The molecule has 0 atom stereocenters. The molecule has 6 heteroatoms. The Morgan fingerprint density at radius 3 is 2.16 bits per heavy atom. The Balaban J connectivity index is 2.66. The Kier molecular flexibility index (Phi) is 4.41. The highest BCUT2D eigenvalue weighted by Gasteiger charge is 2.14. The lowest BCUT2D eigenvalue weighted by Crippen LogP contribution is -1.98. The van der Waals surface area contributed by atoms with Gasteiger partial charge in [-0.25, -0.2) is 4.79 Å². The zero-order valence-corrected chi connectivity index (χ0v) is 13.1. The summed E-state index contributed by atoms with van der Waals surface area (Å²) in [5.74, 6) is -1.03. The predicted molar refractivity (Wildman–Crippen MR) is 81.6 cm³/mol. The standard InChI is InChI=1S/C13H6BrCl3O2/c14-9-2-1-6(3-8(9)13(18)19)12-10(16)4-7(15)5-11(12)17/h1-5H,(H,18,19). The summed E-state index contributed by atoms with van der Waals surface area (Å²) in [6.45, 7) is 0. The SMILES string of the molecule is O=C(O)c1cc(-c2c(Cl)cc(Cl)cc2Cl)ccc1Br. The Bertz CT molecular complexity index is 648. The second kappa shape index (κ2) is 5.71. The second-order valence-corrected chi connectivity index (χ2v) is 5.85. The van der Waals surface area contributed by atoms with Crippen molar-refractivity contribution in [1.82, 2.24) is 0 Å². The van der Waals surface area contributed by atoms with Gasteiger partial charge in [-0.1, -0.05) is 40.9 Å². The molecule has 0 spiro atoms. The average Bonchev–Trinajstić information content (AvgIpc) is 2.29. The molecule has 0 amide bonds. The van der Waals surface area contributed by atoms with E-state index in [0.29, 0.717) is 30.7 Å². The van der Waals surface area contributed by atoms with Crippen molar-refractivity contribution in [3.8, 4) is 11.1 Å². The van der Waals surface area contributed by atoms with Crippen LogP contribution in [-0.4, -0.2) is 11.1 Å². The van der Waals surface area contributed by atoms with Crippen LogP contribution in [0.2, 0.25) is 15.1 Å². The van der Waals surface area contributed by atoms with Gasteiger partial charge in [0.25, 0.3) is 0 Å². The molecular formula is C13H6BrCl3O2. The van der Waals surface area contributed by atoms with Gasteiger partial charge in [-0.2, -0.15) is 0 Å². The van der Waals surface area contributed by atoms with Crippen molar-refractivity contribution in [3.63, 3.8) is 0 Å². The number of aromatic carboxylic acids is 1. The van der Waals surface area contributed by atoms with Crippen LogP contribution in [-0.2, 0) is 0 Å². The van der Waals surface area contributed by atoms with Gasteiger partial charge in [0, 0.05) is 15.1 Å². The third-order valence-electron chi connectivity index (χ3n) is 2.49. The van der Waals surface area contributed by atoms with Crippen LogP contribution in [0.3, 0.4) is 0 Å². The molecule has 2 nitrogen and oxygen atoms in total. The van der Waals surface area contributed by atoms with Crippen LogP contribution in [0.5, 0.6) is 0 Å². The van der Waals surface area contributed by atoms with Crippen molar-refractivity contribution in [2.24, 2.45) is 0 Å². The third-order valence-corrected chi connectivity index (χ3v) is 4.00. The zero-order valence-electron chi connectivity index (χ0n) is 9.25. The highest BCUT2D eigenvalue weighted by molar-refractivity contribution is 9.10. The monoisotopic (exact) mass is 378 g/mol. The van der Waals surface area contributed by atoms with Crippen molar-refractivity contribution in [1.29, 1.82) is 0 Å². The van der Waals surface area contributed by atoms with E-state index in [-0.39, 0.29) is 5.56 Å². The summed E-state index contributed by atoms with van der Waals surface area (Å²) in [5.41, 5.74) is 1.31. The van der Waals surface area contributed by atoms with Gasteiger partial charge in [0.15, 0.2) is 0 Å². The van der Waals surface area contributed by atoms with Crippen LogP contribution in [0.4, 0.5) is 0 Å². The van der Waals surface area contributed by atoms with Crippen molar-refractivity contribution in [3.05, 3.63) is 55.4 Å². The van der Waals surface area contributed by atoms with E-state index in [1.807, 2.05) is 0 Å². The summed E-state index contributed by atoms with van der Waals surface area (Å²) in [6.07, 6.45) is 0. The van der Waals surface area contributed by atoms with E-state index in [9.17, 15) is 4.79 Å². The van der Waals surface area contributed by atoms with Gasteiger partial charge in [-0.3, -0.25) is 0 Å². The topological polar surface area (TPSA) is 37.3 Å². The highest BCUT2D eigenvalue weighted by atomic mass is 79.9. The summed E-state index contributed by atoms with van der Waals surface area (Å²) < 4.78 is 0.491. The van der Waals surface area contributed by atoms with Crippen LogP contribution in [0.15, 0.2) is 34.8 Å². The third kappa shape index (κ3) is 3.06. The Labute approximate surface area is 133 Å². The molecule has 0 saturated carbocycles. The Morgan fingerprint density at radius 2 is 1.63 bits per heavy atom. The van der Waals surface area contributed by atoms with Crippen molar-refractivity contribution >= 4 is 56.7 Å². The van der Waals surface area contributed by atoms with E-state index in [1.165, 1.54) is 6.07 Å². The van der Waals surface area contributed by atoms with E-state index in [0.717, 1.165) is 0 Å².